The van der Waals surface area contributed by atoms with Gasteiger partial charge in [-0.3, -0.25) is 9.59 Å². The van der Waals surface area contributed by atoms with Crippen LogP contribution in [0.3, 0.4) is 0 Å². The minimum absolute atomic E-state index is 0. The summed E-state index contributed by atoms with van der Waals surface area (Å²) >= 11 is 0. The van der Waals surface area contributed by atoms with Crippen LogP contribution in [0.2, 0.25) is 0 Å². The van der Waals surface area contributed by atoms with E-state index in [4.69, 9.17) is 10.2 Å². The van der Waals surface area contributed by atoms with E-state index >= 15 is 0 Å². The molecule has 0 amide bonds. The van der Waals surface area contributed by atoms with Crippen LogP contribution >= 0.6 is 0 Å². The highest BCUT2D eigenvalue weighted by molar-refractivity contribution is 5.66. The highest BCUT2D eigenvalue weighted by atomic mass is 16.4. The fraction of sp³-hybridized carbons (Fsp3) is 0.778. The highest BCUT2D eigenvalue weighted by Gasteiger charge is 1.91. The molecule has 0 aliphatic heterocycles. The molecule has 86 valence electrons. The lowest BCUT2D eigenvalue weighted by atomic mass is 10.4. The molecule has 0 aliphatic carbocycles. The second kappa shape index (κ2) is 14.4. The van der Waals surface area contributed by atoms with Gasteiger partial charge in [0.05, 0.1) is 6.42 Å². The molecular formula is C9H21NO4. The highest BCUT2D eigenvalue weighted by Crippen LogP contribution is 1.72. The Morgan fingerprint density at radius 3 is 1.79 bits per heavy atom. The lowest BCUT2D eigenvalue weighted by Gasteiger charge is -1.93. The largest absolute Gasteiger partial charge is 0.481 e. The Kier molecular flexibility index (Phi) is 19.2. The Labute approximate surface area is 85.1 Å². The maximum atomic E-state index is 9.83. The summed E-state index contributed by atoms with van der Waals surface area (Å²) in [6, 6.07) is 0. The smallest absolute Gasteiger partial charge is 0.304 e. The molecule has 0 bridgehead atoms. The third-order valence-electron chi connectivity index (χ3n) is 1.07. The molecule has 14 heavy (non-hydrogen) atoms. The second-order valence-electron chi connectivity index (χ2n) is 2.24. The van der Waals surface area contributed by atoms with Crippen molar-refractivity contribution in [3.8, 4) is 0 Å². The molecule has 0 rings (SSSR count). The van der Waals surface area contributed by atoms with Crippen LogP contribution in [0, 0.1) is 0 Å². The van der Waals surface area contributed by atoms with Crippen LogP contribution in [-0.4, -0.2) is 35.2 Å². The second-order valence-corrected chi connectivity index (χ2v) is 2.24. The molecule has 0 aromatic carbocycles. The third kappa shape index (κ3) is 30.7. The number of carboxylic acids is 2. The van der Waals surface area contributed by atoms with Crippen molar-refractivity contribution in [3.63, 3.8) is 0 Å². The van der Waals surface area contributed by atoms with Gasteiger partial charge in [0, 0.05) is 13.0 Å². The van der Waals surface area contributed by atoms with Gasteiger partial charge in [0.15, 0.2) is 0 Å². The summed E-state index contributed by atoms with van der Waals surface area (Å²) in [4.78, 5) is 19.2. The molecule has 3 N–H and O–H groups in total. The topological polar surface area (TPSA) is 86.6 Å². The Bertz CT molecular complexity index is 148. The molecule has 0 aromatic rings. The molecule has 0 radical (unpaired) electrons. The summed E-state index contributed by atoms with van der Waals surface area (Å²) in [5.74, 6) is -1.49. The number of aliphatic carboxylic acids is 2. The summed E-state index contributed by atoms with van der Waals surface area (Å²) in [7, 11) is 0. The predicted octanol–water partition coefficient (Wildman–Crippen LogP) is 1.19. The average molecular weight is 207 g/mol. The van der Waals surface area contributed by atoms with Crippen LogP contribution in [0.15, 0.2) is 0 Å². The Hall–Kier alpha value is -1.10. The molecule has 0 heterocycles. The first-order chi connectivity index (χ1) is 6.04. The van der Waals surface area contributed by atoms with Gasteiger partial charge < -0.3 is 15.5 Å². The van der Waals surface area contributed by atoms with Crippen LogP contribution in [-0.2, 0) is 9.59 Å². The molecule has 0 unspecified atom stereocenters. The maximum Gasteiger partial charge on any atom is 0.304 e. The molecule has 0 spiro atoms. The van der Waals surface area contributed by atoms with Crippen molar-refractivity contribution in [1.82, 2.24) is 5.32 Å². The fourth-order valence-electron chi connectivity index (χ4n) is 0.372. The summed E-state index contributed by atoms with van der Waals surface area (Å²) in [5.41, 5.74) is 0. The maximum absolute atomic E-state index is 9.83. The van der Waals surface area contributed by atoms with Crippen LogP contribution in [0.4, 0.5) is 0 Å². The SMILES string of the molecule is C.CCC(=O)O.CCNCCC(=O)O. The molecule has 0 saturated heterocycles. The zero-order valence-corrected chi connectivity index (χ0v) is 8.04. The van der Waals surface area contributed by atoms with E-state index < -0.39 is 11.9 Å². The van der Waals surface area contributed by atoms with Crippen molar-refractivity contribution >= 4 is 11.9 Å². The van der Waals surface area contributed by atoms with Gasteiger partial charge in [-0.1, -0.05) is 21.3 Å². The standard InChI is InChI=1S/C5H11NO2.C3H6O2.CH4/c1-2-6-4-3-5(7)8;1-2-3(4)5;/h6H,2-4H2,1H3,(H,7,8);2H2,1H3,(H,4,5);1H4. The first-order valence-corrected chi connectivity index (χ1v) is 4.18. The number of carboxylic acid groups (broad SMARTS) is 2. The minimum Gasteiger partial charge on any atom is -0.481 e. The van der Waals surface area contributed by atoms with Crippen molar-refractivity contribution in [3.05, 3.63) is 0 Å². The Balaban J connectivity index is -0.000000177. The van der Waals surface area contributed by atoms with E-state index in [0.717, 1.165) is 6.54 Å². The summed E-state index contributed by atoms with van der Waals surface area (Å²) in [6.45, 7) is 4.96. The van der Waals surface area contributed by atoms with Gasteiger partial charge in [0.1, 0.15) is 0 Å². The van der Waals surface area contributed by atoms with Crippen LogP contribution < -0.4 is 5.32 Å². The van der Waals surface area contributed by atoms with E-state index in [-0.39, 0.29) is 20.3 Å². The third-order valence-corrected chi connectivity index (χ3v) is 1.07. The van der Waals surface area contributed by atoms with Gasteiger partial charge in [0.2, 0.25) is 0 Å². The van der Waals surface area contributed by atoms with Crippen molar-refractivity contribution in [2.75, 3.05) is 13.1 Å². The van der Waals surface area contributed by atoms with Gasteiger partial charge in [-0.05, 0) is 6.54 Å². The number of hydrogen-bond acceptors (Lipinski definition) is 3. The molecule has 0 saturated carbocycles. The minimum atomic E-state index is -0.745. The predicted molar refractivity (Wildman–Crippen MR) is 55.5 cm³/mol. The van der Waals surface area contributed by atoms with Crippen molar-refractivity contribution in [2.24, 2.45) is 0 Å². The lowest BCUT2D eigenvalue weighted by Crippen LogP contribution is -2.16. The zero-order valence-electron chi connectivity index (χ0n) is 8.04. The Morgan fingerprint density at radius 2 is 1.57 bits per heavy atom. The van der Waals surface area contributed by atoms with E-state index in [9.17, 15) is 9.59 Å². The van der Waals surface area contributed by atoms with E-state index in [1.807, 2.05) is 6.92 Å². The monoisotopic (exact) mass is 207 g/mol. The molecule has 5 heteroatoms. The normalized spacial score (nSPS) is 7.86. The van der Waals surface area contributed by atoms with Crippen LogP contribution in [0.5, 0.6) is 0 Å². The average Bonchev–Trinajstić information content (AvgIpc) is 2.05. The summed E-state index contributed by atoms with van der Waals surface area (Å²) in [6.07, 6.45) is 0.438. The van der Waals surface area contributed by atoms with Crippen LogP contribution in [0.25, 0.3) is 0 Å². The van der Waals surface area contributed by atoms with E-state index in [1.54, 1.807) is 6.92 Å². The Morgan fingerprint density at radius 1 is 1.14 bits per heavy atom. The molecular weight excluding hydrogens is 186 g/mol. The van der Waals surface area contributed by atoms with Crippen LogP contribution in [0.1, 0.15) is 34.1 Å². The molecule has 0 atom stereocenters. The van der Waals surface area contributed by atoms with Gasteiger partial charge >= 0.3 is 11.9 Å². The van der Waals surface area contributed by atoms with E-state index in [2.05, 4.69) is 5.32 Å². The molecule has 0 fully saturated rings. The van der Waals surface area contributed by atoms with E-state index in [1.165, 1.54) is 0 Å². The number of carbonyl (C=O) groups is 2. The number of rotatable bonds is 5. The van der Waals surface area contributed by atoms with Gasteiger partial charge in [-0.25, -0.2) is 0 Å². The number of nitrogens with one attached hydrogen (secondary N) is 1. The van der Waals surface area contributed by atoms with Crippen molar-refractivity contribution in [1.29, 1.82) is 0 Å². The molecule has 5 nitrogen and oxygen atoms in total. The van der Waals surface area contributed by atoms with Gasteiger partial charge in [-0.2, -0.15) is 0 Å². The first kappa shape index (κ1) is 18.6. The van der Waals surface area contributed by atoms with Crippen molar-refractivity contribution < 1.29 is 19.8 Å². The van der Waals surface area contributed by atoms with Gasteiger partial charge in [0.25, 0.3) is 0 Å². The first-order valence-electron chi connectivity index (χ1n) is 4.18. The summed E-state index contributed by atoms with van der Waals surface area (Å²) in [5, 5.41) is 18.7. The fourth-order valence-corrected chi connectivity index (χ4v) is 0.372. The molecule has 0 aliphatic rings. The zero-order chi connectivity index (χ0) is 10.7. The van der Waals surface area contributed by atoms with E-state index in [0.29, 0.717) is 6.54 Å². The molecule has 0 aromatic heterocycles. The number of hydrogen-bond donors (Lipinski definition) is 3. The summed E-state index contributed by atoms with van der Waals surface area (Å²) < 4.78 is 0. The lowest BCUT2D eigenvalue weighted by molar-refractivity contribution is -0.137. The quantitative estimate of drug-likeness (QED) is 0.589. The van der Waals surface area contributed by atoms with Crippen molar-refractivity contribution in [2.45, 2.75) is 34.1 Å². The van der Waals surface area contributed by atoms with Gasteiger partial charge in [-0.15, -0.1) is 0 Å².